The van der Waals surface area contributed by atoms with Crippen molar-refractivity contribution in [3.05, 3.63) is 28.7 Å². The van der Waals surface area contributed by atoms with Crippen molar-refractivity contribution in [1.29, 1.82) is 0 Å². The minimum Gasteiger partial charge on any atom is -0.299 e. The molecule has 0 atom stereocenters. The van der Waals surface area contributed by atoms with Gasteiger partial charge in [-0.3, -0.25) is 4.79 Å². The summed E-state index contributed by atoms with van der Waals surface area (Å²) in [5, 5.41) is 0. The van der Waals surface area contributed by atoms with E-state index < -0.39 is 0 Å². The Bertz CT molecular complexity index is 374. The average molecular weight is 299 g/mol. The van der Waals surface area contributed by atoms with Crippen LogP contribution in [0.1, 0.15) is 25.7 Å². The van der Waals surface area contributed by atoms with Gasteiger partial charge < -0.3 is 0 Å². The molecule has 1 saturated carbocycles. The standard InChI is InChI=1S/C13H15BrOS/c14-12-3-1-2-4-13(12)16-9-11(15)8-7-10-5-6-10/h1-4,10H,5-9H2. The molecule has 1 fully saturated rings. The molecule has 2 rings (SSSR count). The Hall–Kier alpha value is -0.280. The normalized spacial score (nSPS) is 15.1. The molecule has 0 heterocycles. The second-order valence-electron chi connectivity index (χ2n) is 4.24. The van der Waals surface area contributed by atoms with Gasteiger partial charge in [0.1, 0.15) is 5.78 Å². The van der Waals surface area contributed by atoms with Crippen LogP contribution in [0.15, 0.2) is 33.6 Å². The van der Waals surface area contributed by atoms with E-state index in [9.17, 15) is 4.79 Å². The summed E-state index contributed by atoms with van der Waals surface area (Å²) in [7, 11) is 0. The zero-order chi connectivity index (χ0) is 11.4. The molecule has 0 aromatic heterocycles. The van der Waals surface area contributed by atoms with E-state index >= 15 is 0 Å². The molecular weight excluding hydrogens is 284 g/mol. The molecule has 0 spiro atoms. The lowest BCUT2D eigenvalue weighted by Crippen LogP contribution is -2.01. The number of carbonyl (C=O) groups is 1. The Morgan fingerprint density at radius 1 is 1.38 bits per heavy atom. The molecule has 1 aromatic rings. The Balaban J connectivity index is 1.73. The van der Waals surface area contributed by atoms with Crippen LogP contribution in [0.3, 0.4) is 0 Å². The fourth-order valence-corrected chi connectivity index (χ4v) is 3.03. The molecule has 0 unspecified atom stereocenters. The number of hydrogen-bond acceptors (Lipinski definition) is 2. The number of benzene rings is 1. The smallest absolute Gasteiger partial charge is 0.143 e. The number of carbonyl (C=O) groups excluding carboxylic acids is 1. The predicted octanol–water partition coefficient (Wildman–Crippen LogP) is 4.30. The Labute approximate surface area is 109 Å². The third kappa shape index (κ3) is 3.95. The molecule has 1 aliphatic carbocycles. The van der Waals surface area contributed by atoms with Crippen LogP contribution in [0.25, 0.3) is 0 Å². The van der Waals surface area contributed by atoms with E-state index in [0.29, 0.717) is 11.5 Å². The monoisotopic (exact) mass is 298 g/mol. The first kappa shape index (κ1) is 12.2. The lowest BCUT2D eigenvalue weighted by Gasteiger charge is -2.03. The summed E-state index contributed by atoms with van der Waals surface area (Å²) < 4.78 is 1.08. The highest BCUT2D eigenvalue weighted by Gasteiger charge is 2.21. The summed E-state index contributed by atoms with van der Waals surface area (Å²) in [6.07, 6.45) is 4.55. The van der Waals surface area contributed by atoms with Gasteiger partial charge in [-0.25, -0.2) is 0 Å². The van der Waals surface area contributed by atoms with E-state index in [-0.39, 0.29) is 0 Å². The van der Waals surface area contributed by atoms with Crippen molar-refractivity contribution in [2.24, 2.45) is 5.92 Å². The summed E-state index contributed by atoms with van der Waals surface area (Å²) in [5.41, 5.74) is 0. The summed E-state index contributed by atoms with van der Waals surface area (Å²) in [4.78, 5) is 12.8. The maximum Gasteiger partial charge on any atom is 0.143 e. The van der Waals surface area contributed by atoms with Crippen LogP contribution < -0.4 is 0 Å². The van der Waals surface area contributed by atoms with Gasteiger partial charge in [-0.1, -0.05) is 25.0 Å². The zero-order valence-electron chi connectivity index (χ0n) is 9.12. The molecule has 1 nitrogen and oxygen atoms in total. The molecule has 16 heavy (non-hydrogen) atoms. The summed E-state index contributed by atoms with van der Waals surface area (Å²) >= 11 is 5.12. The Morgan fingerprint density at radius 3 is 2.81 bits per heavy atom. The van der Waals surface area contributed by atoms with Gasteiger partial charge in [-0.05, 0) is 40.4 Å². The average Bonchev–Trinajstić information content (AvgIpc) is 3.09. The molecule has 0 radical (unpaired) electrons. The van der Waals surface area contributed by atoms with Crippen LogP contribution in [0.2, 0.25) is 0 Å². The van der Waals surface area contributed by atoms with Crippen molar-refractivity contribution in [3.63, 3.8) is 0 Å². The van der Waals surface area contributed by atoms with Crippen LogP contribution in [0.5, 0.6) is 0 Å². The topological polar surface area (TPSA) is 17.1 Å². The summed E-state index contributed by atoms with van der Waals surface area (Å²) in [6, 6.07) is 8.05. The summed E-state index contributed by atoms with van der Waals surface area (Å²) in [6.45, 7) is 0. The molecule has 3 heteroatoms. The number of Topliss-reactive ketones (excluding diaryl/α,β-unsaturated/α-hetero) is 1. The molecule has 1 aromatic carbocycles. The van der Waals surface area contributed by atoms with E-state index in [1.54, 1.807) is 11.8 Å². The van der Waals surface area contributed by atoms with Gasteiger partial charge in [-0.2, -0.15) is 0 Å². The number of thioether (sulfide) groups is 1. The number of halogens is 1. The van der Waals surface area contributed by atoms with E-state index in [1.807, 2.05) is 24.3 Å². The third-order valence-corrected chi connectivity index (χ3v) is 4.84. The molecule has 0 aliphatic heterocycles. The third-order valence-electron chi connectivity index (χ3n) is 2.75. The quantitative estimate of drug-likeness (QED) is 0.728. The fraction of sp³-hybridized carbons (Fsp3) is 0.462. The van der Waals surface area contributed by atoms with Crippen LogP contribution >= 0.6 is 27.7 Å². The van der Waals surface area contributed by atoms with Crippen molar-refractivity contribution in [2.75, 3.05) is 5.75 Å². The maximum atomic E-state index is 11.6. The zero-order valence-corrected chi connectivity index (χ0v) is 11.5. The van der Waals surface area contributed by atoms with Crippen molar-refractivity contribution >= 4 is 33.5 Å². The second-order valence-corrected chi connectivity index (χ2v) is 6.11. The predicted molar refractivity (Wildman–Crippen MR) is 71.8 cm³/mol. The number of ketones is 1. The SMILES string of the molecule is O=C(CCC1CC1)CSc1ccccc1Br. The van der Waals surface area contributed by atoms with Gasteiger partial charge in [-0.15, -0.1) is 11.8 Å². The molecule has 86 valence electrons. The fourth-order valence-electron chi connectivity index (χ4n) is 1.56. The largest absolute Gasteiger partial charge is 0.299 e. The van der Waals surface area contributed by atoms with Crippen molar-refractivity contribution < 1.29 is 4.79 Å². The maximum absolute atomic E-state index is 11.6. The highest BCUT2D eigenvalue weighted by Crippen LogP contribution is 2.34. The second kappa shape index (κ2) is 5.87. The highest BCUT2D eigenvalue weighted by atomic mass is 79.9. The van der Waals surface area contributed by atoms with E-state index in [1.165, 1.54) is 12.8 Å². The van der Waals surface area contributed by atoms with Crippen molar-refractivity contribution in [3.8, 4) is 0 Å². The molecule has 0 saturated heterocycles. The lowest BCUT2D eigenvalue weighted by molar-refractivity contribution is -0.116. The van der Waals surface area contributed by atoms with Gasteiger partial charge in [0.05, 0.1) is 5.75 Å². The van der Waals surface area contributed by atoms with Gasteiger partial charge in [0, 0.05) is 15.8 Å². The van der Waals surface area contributed by atoms with Gasteiger partial charge in [0.25, 0.3) is 0 Å². The van der Waals surface area contributed by atoms with Crippen molar-refractivity contribution in [1.82, 2.24) is 0 Å². The summed E-state index contributed by atoms with van der Waals surface area (Å²) in [5.74, 6) is 1.85. The van der Waals surface area contributed by atoms with Gasteiger partial charge in [0.2, 0.25) is 0 Å². The van der Waals surface area contributed by atoms with Gasteiger partial charge >= 0.3 is 0 Å². The van der Waals surface area contributed by atoms with Crippen LogP contribution in [-0.2, 0) is 4.79 Å². The first-order valence-electron chi connectivity index (χ1n) is 5.65. The Kier molecular flexibility index (Phi) is 4.47. The van der Waals surface area contributed by atoms with Crippen molar-refractivity contribution in [2.45, 2.75) is 30.6 Å². The van der Waals surface area contributed by atoms with Crippen LogP contribution in [0.4, 0.5) is 0 Å². The Morgan fingerprint density at radius 2 is 2.12 bits per heavy atom. The molecule has 0 N–H and O–H groups in total. The number of rotatable bonds is 6. The van der Waals surface area contributed by atoms with E-state index in [0.717, 1.165) is 28.1 Å². The first-order chi connectivity index (χ1) is 7.75. The molecule has 0 amide bonds. The molecular formula is C13H15BrOS. The van der Waals surface area contributed by atoms with Gasteiger partial charge in [0.15, 0.2) is 0 Å². The molecule has 0 bridgehead atoms. The molecule has 1 aliphatic rings. The highest BCUT2D eigenvalue weighted by molar-refractivity contribution is 9.10. The van der Waals surface area contributed by atoms with E-state index in [4.69, 9.17) is 0 Å². The first-order valence-corrected chi connectivity index (χ1v) is 7.42. The minimum absolute atomic E-state index is 0.382. The van der Waals surface area contributed by atoms with Crippen LogP contribution in [-0.4, -0.2) is 11.5 Å². The lowest BCUT2D eigenvalue weighted by atomic mass is 10.2. The van der Waals surface area contributed by atoms with Crippen LogP contribution in [0, 0.1) is 5.92 Å². The minimum atomic E-state index is 0.382. The van der Waals surface area contributed by atoms with E-state index in [2.05, 4.69) is 15.9 Å². The number of hydrogen-bond donors (Lipinski definition) is 0.